The molecule has 0 unspecified atom stereocenters. The maximum atomic E-state index is 13.2. The van der Waals surface area contributed by atoms with E-state index in [0.717, 1.165) is 0 Å². The van der Waals surface area contributed by atoms with Crippen molar-refractivity contribution >= 4 is 22.8 Å². The molecule has 0 radical (unpaired) electrons. The molecule has 1 aliphatic heterocycles. The fourth-order valence-electron chi connectivity index (χ4n) is 3.14. The molecular weight excluding hydrogens is 370 g/mol. The molecule has 0 aliphatic carbocycles. The summed E-state index contributed by atoms with van der Waals surface area (Å²) in [6.45, 7) is -0.752. The molecule has 1 aromatic heterocycles. The van der Waals surface area contributed by atoms with Gasteiger partial charge in [0.2, 0.25) is 11.8 Å². The van der Waals surface area contributed by atoms with Crippen LogP contribution in [0, 0.1) is 5.82 Å². The molecular formula is C17H17F4N3O3. The average molecular weight is 387 g/mol. The Labute approximate surface area is 151 Å². The van der Waals surface area contributed by atoms with Crippen LogP contribution in [0.25, 0.3) is 11.0 Å². The van der Waals surface area contributed by atoms with E-state index in [-0.39, 0.29) is 5.92 Å². The van der Waals surface area contributed by atoms with E-state index in [2.05, 4.69) is 5.16 Å². The van der Waals surface area contributed by atoms with Crippen molar-refractivity contribution in [1.29, 1.82) is 0 Å². The molecule has 1 aromatic carbocycles. The van der Waals surface area contributed by atoms with E-state index >= 15 is 0 Å². The van der Waals surface area contributed by atoms with Crippen LogP contribution in [-0.4, -0.2) is 47.7 Å². The van der Waals surface area contributed by atoms with Crippen molar-refractivity contribution in [3.05, 3.63) is 29.7 Å². The average Bonchev–Trinajstić information content (AvgIpc) is 3.02. The lowest BCUT2D eigenvalue weighted by atomic mass is 9.91. The van der Waals surface area contributed by atoms with Gasteiger partial charge in [-0.1, -0.05) is 5.16 Å². The van der Waals surface area contributed by atoms with Gasteiger partial charge >= 0.3 is 6.18 Å². The maximum Gasteiger partial charge on any atom is 0.405 e. The van der Waals surface area contributed by atoms with Crippen molar-refractivity contribution in [2.75, 3.05) is 19.6 Å². The summed E-state index contributed by atoms with van der Waals surface area (Å²) in [7, 11) is 0. The van der Waals surface area contributed by atoms with Gasteiger partial charge in [-0.15, -0.1) is 0 Å². The summed E-state index contributed by atoms with van der Waals surface area (Å²) in [6.07, 6.45) is -4.00. The number of fused-ring (bicyclic) bond motifs is 1. The van der Waals surface area contributed by atoms with Crippen LogP contribution < -0.4 is 5.32 Å². The number of hydrogen-bond donors (Lipinski definition) is 1. The second-order valence-corrected chi connectivity index (χ2v) is 6.43. The Kier molecular flexibility index (Phi) is 5.33. The predicted molar refractivity (Wildman–Crippen MR) is 86.2 cm³/mol. The van der Waals surface area contributed by atoms with E-state index in [9.17, 15) is 27.2 Å². The summed E-state index contributed by atoms with van der Waals surface area (Å²) in [5.74, 6) is -1.88. The summed E-state index contributed by atoms with van der Waals surface area (Å²) in [5.41, 5.74) is 1.05. The first-order valence-corrected chi connectivity index (χ1v) is 8.39. The molecule has 3 rings (SSSR count). The van der Waals surface area contributed by atoms with Crippen LogP contribution in [0.15, 0.2) is 22.7 Å². The normalized spacial score (nSPS) is 15.9. The molecule has 146 valence electrons. The molecule has 1 fully saturated rings. The summed E-state index contributed by atoms with van der Waals surface area (Å²) in [4.78, 5) is 25.0. The van der Waals surface area contributed by atoms with Crippen LogP contribution in [0.3, 0.4) is 0 Å². The van der Waals surface area contributed by atoms with Gasteiger partial charge in [0.25, 0.3) is 0 Å². The zero-order chi connectivity index (χ0) is 19.6. The highest BCUT2D eigenvalue weighted by Gasteiger charge is 2.30. The van der Waals surface area contributed by atoms with Crippen molar-refractivity contribution in [3.8, 4) is 0 Å². The molecule has 1 saturated heterocycles. The Bertz CT molecular complexity index is 842. The number of piperidine rings is 1. The standard InChI is InChI=1S/C17H17F4N3O3/c18-11-1-2-12-13(7-11)27-23-16(12)10-3-5-24(6-4-10)15(26)8-14(25)22-9-17(19,20)21/h1-2,7,10H,3-6,8-9H2,(H,22,25). The van der Waals surface area contributed by atoms with E-state index in [4.69, 9.17) is 4.52 Å². The van der Waals surface area contributed by atoms with Gasteiger partial charge in [0.1, 0.15) is 18.8 Å². The quantitative estimate of drug-likeness (QED) is 0.647. The molecule has 2 amide bonds. The molecule has 27 heavy (non-hydrogen) atoms. The van der Waals surface area contributed by atoms with E-state index in [1.165, 1.54) is 17.0 Å². The molecule has 1 aliphatic rings. The predicted octanol–water partition coefficient (Wildman–Crippen LogP) is 2.74. The second kappa shape index (κ2) is 7.53. The van der Waals surface area contributed by atoms with Crippen molar-refractivity contribution < 1.29 is 31.7 Å². The lowest BCUT2D eigenvalue weighted by molar-refractivity contribution is -0.143. The van der Waals surface area contributed by atoms with Gasteiger partial charge in [-0.25, -0.2) is 4.39 Å². The number of benzene rings is 1. The number of amides is 2. The van der Waals surface area contributed by atoms with Gasteiger partial charge < -0.3 is 14.7 Å². The Morgan fingerprint density at radius 2 is 1.96 bits per heavy atom. The van der Waals surface area contributed by atoms with Crippen molar-refractivity contribution in [2.45, 2.75) is 31.4 Å². The smallest absolute Gasteiger partial charge is 0.356 e. The van der Waals surface area contributed by atoms with Gasteiger partial charge in [0.05, 0.1) is 5.69 Å². The van der Waals surface area contributed by atoms with Crippen LogP contribution >= 0.6 is 0 Å². The first-order valence-electron chi connectivity index (χ1n) is 8.39. The molecule has 2 heterocycles. The Morgan fingerprint density at radius 1 is 1.26 bits per heavy atom. The number of likely N-dealkylation sites (tertiary alicyclic amines) is 1. The molecule has 0 saturated carbocycles. The summed E-state index contributed by atoms with van der Waals surface area (Å²) in [6, 6.07) is 4.17. The second-order valence-electron chi connectivity index (χ2n) is 6.43. The number of rotatable bonds is 4. The van der Waals surface area contributed by atoms with E-state index in [1.807, 2.05) is 0 Å². The van der Waals surface area contributed by atoms with Gasteiger partial charge in [0, 0.05) is 30.5 Å². The summed E-state index contributed by atoms with van der Waals surface area (Å²) in [5, 5.41) is 6.41. The minimum absolute atomic E-state index is 0.0137. The summed E-state index contributed by atoms with van der Waals surface area (Å²) >= 11 is 0. The fraction of sp³-hybridized carbons (Fsp3) is 0.471. The third-order valence-corrected chi connectivity index (χ3v) is 4.49. The number of alkyl halides is 3. The summed E-state index contributed by atoms with van der Waals surface area (Å²) < 4.78 is 54.6. The van der Waals surface area contributed by atoms with E-state index in [0.29, 0.717) is 42.6 Å². The highest BCUT2D eigenvalue weighted by molar-refractivity contribution is 5.96. The highest BCUT2D eigenvalue weighted by Crippen LogP contribution is 2.32. The molecule has 0 atom stereocenters. The van der Waals surface area contributed by atoms with Crippen LogP contribution in [0.5, 0.6) is 0 Å². The van der Waals surface area contributed by atoms with E-state index < -0.39 is 36.8 Å². The minimum Gasteiger partial charge on any atom is -0.356 e. The number of carbonyl (C=O) groups excluding carboxylic acids is 2. The largest absolute Gasteiger partial charge is 0.405 e. The fourth-order valence-corrected chi connectivity index (χ4v) is 3.14. The van der Waals surface area contributed by atoms with Crippen molar-refractivity contribution in [2.24, 2.45) is 0 Å². The van der Waals surface area contributed by atoms with Crippen LogP contribution in [-0.2, 0) is 9.59 Å². The third kappa shape index (κ3) is 4.75. The van der Waals surface area contributed by atoms with Gasteiger partial charge in [0.15, 0.2) is 5.58 Å². The molecule has 10 heteroatoms. The number of nitrogens with one attached hydrogen (secondary N) is 1. The SMILES string of the molecule is O=C(CC(=O)N1CCC(c2noc3cc(F)ccc23)CC1)NCC(F)(F)F. The number of hydrogen-bond acceptors (Lipinski definition) is 4. The third-order valence-electron chi connectivity index (χ3n) is 4.49. The zero-order valence-corrected chi connectivity index (χ0v) is 14.2. The van der Waals surface area contributed by atoms with Crippen LogP contribution in [0.1, 0.15) is 30.9 Å². The highest BCUT2D eigenvalue weighted by atomic mass is 19.4. The van der Waals surface area contributed by atoms with Crippen LogP contribution in [0.2, 0.25) is 0 Å². The first-order chi connectivity index (χ1) is 12.7. The van der Waals surface area contributed by atoms with Crippen LogP contribution in [0.4, 0.5) is 17.6 Å². The minimum atomic E-state index is -4.51. The molecule has 1 N–H and O–H groups in total. The Hall–Kier alpha value is -2.65. The van der Waals surface area contributed by atoms with Crippen molar-refractivity contribution in [3.63, 3.8) is 0 Å². The van der Waals surface area contributed by atoms with Gasteiger partial charge in [-0.3, -0.25) is 9.59 Å². The number of carbonyl (C=O) groups is 2. The Morgan fingerprint density at radius 3 is 2.63 bits per heavy atom. The molecule has 0 spiro atoms. The van der Waals surface area contributed by atoms with E-state index in [1.54, 1.807) is 11.4 Å². The van der Waals surface area contributed by atoms with Crippen molar-refractivity contribution in [1.82, 2.24) is 15.4 Å². The zero-order valence-electron chi connectivity index (χ0n) is 14.2. The number of aromatic nitrogens is 1. The lowest BCUT2D eigenvalue weighted by Crippen LogP contribution is -2.41. The van der Waals surface area contributed by atoms with Gasteiger partial charge in [-0.05, 0) is 25.0 Å². The molecule has 6 nitrogen and oxygen atoms in total. The maximum absolute atomic E-state index is 13.2. The van der Waals surface area contributed by atoms with Gasteiger partial charge in [-0.2, -0.15) is 13.2 Å². The molecule has 0 bridgehead atoms. The first kappa shape index (κ1) is 19.1. The number of halogens is 4. The monoisotopic (exact) mass is 387 g/mol. The topological polar surface area (TPSA) is 75.4 Å². The lowest BCUT2D eigenvalue weighted by Gasteiger charge is -2.31. The Balaban J connectivity index is 1.53. The number of nitrogens with zero attached hydrogens (tertiary/aromatic N) is 2. The molecule has 2 aromatic rings.